The first-order valence-corrected chi connectivity index (χ1v) is 16.7. The molecule has 1 aliphatic heterocycles. The van der Waals surface area contributed by atoms with Crippen LogP contribution in [0, 0.1) is 0 Å². The van der Waals surface area contributed by atoms with Gasteiger partial charge in [-0.05, 0) is 48.9 Å². The average molecular weight is 658 g/mol. The summed E-state index contributed by atoms with van der Waals surface area (Å²) in [6.45, 7) is 2.97. The number of carbonyl (C=O) groups excluding carboxylic acids is 1. The number of halogens is 1. The van der Waals surface area contributed by atoms with E-state index in [0.717, 1.165) is 23.7 Å². The SMILES string of the molecule is CCCCCNC(=O)[C@]1(CCS(=O)(=O)c2ccccc2)N=C(c2ccc(OCCCO)cc2)O[C@@H]1c1ccccc1Br. The Balaban J connectivity index is 1.74. The Labute approximate surface area is 256 Å². The van der Waals surface area contributed by atoms with Gasteiger partial charge in [-0.1, -0.05) is 72.1 Å². The molecule has 0 saturated carbocycles. The van der Waals surface area contributed by atoms with Crippen LogP contribution in [-0.2, 0) is 19.4 Å². The van der Waals surface area contributed by atoms with Crippen molar-refractivity contribution in [3.8, 4) is 5.75 Å². The second kappa shape index (κ2) is 14.8. The van der Waals surface area contributed by atoms with E-state index in [1.807, 2.05) is 24.3 Å². The standard InChI is InChI=1S/C32H37BrN2O6S/c1-2-3-9-20-34-31(37)32(19-23-42(38,39)26-11-5-4-6-12-26)29(27-13-7-8-14-28(27)33)41-30(35-32)24-15-17-25(18-16-24)40-22-10-21-36/h4-8,11-18,29,36H,2-3,9-10,19-23H2,1H3,(H,34,37)/t29-,32-/m1/s1. The molecule has 2 atom stereocenters. The van der Waals surface area contributed by atoms with Crippen molar-refractivity contribution in [1.29, 1.82) is 0 Å². The van der Waals surface area contributed by atoms with Gasteiger partial charge in [-0.25, -0.2) is 13.4 Å². The molecule has 1 amide bonds. The van der Waals surface area contributed by atoms with Crippen molar-refractivity contribution in [3.63, 3.8) is 0 Å². The molecular weight excluding hydrogens is 620 g/mol. The van der Waals surface area contributed by atoms with Gasteiger partial charge < -0.3 is 19.9 Å². The molecule has 0 bridgehead atoms. The maximum atomic E-state index is 14.1. The van der Waals surface area contributed by atoms with Crippen LogP contribution in [0.4, 0.5) is 0 Å². The summed E-state index contributed by atoms with van der Waals surface area (Å²) < 4.78 is 39.7. The number of nitrogens with zero attached hydrogens (tertiary/aromatic N) is 1. The van der Waals surface area contributed by atoms with Crippen molar-refractivity contribution in [2.75, 3.05) is 25.5 Å². The van der Waals surface area contributed by atoms with E-state index in [1.165, 1.54) is 0 Å². The lowest BCUT2D eigenvalue weighted by Crippen LogP contribution is -2.49. The van der Waals surface area contributed by atoms with Crippen LogP contribution in [0.3, 0.4) is 0 Å². The molecule has 1 heterocycles. The summed E-state index contributed by atoms with van der Waals surface area (Å²) >= 11 is 3.61. The molecule has 4 rings (SSSR count). The van der Waals surface area contributed by atoms with Crippen LogP contribution in [0.1, 0.15) is 56.3 Å². The quantitative estimate of drug-likeness (QED) is 0.205. The van der Waals surface area contributed by atoms with Crippen LogP contribution in [0.5, 0.6) is 5.75 Å². The smallest absolute Gasteiger partial charge is 0.252 e. The summed E-state index contributed by atoms with van der Waals surface area (Å²) in [4.78, 5) is 19.2. The Morgan fingerprint density at radius 3 is 2.43 bits per heavy atom. The van der Waals surface area contributed by atoms with Crippen molar-refractivity contribution in [2.24, 2.45) is 4.99 Å². The van der Waals surface area contributed by atoms with Crippen LogP contribution in [0.25, 0.3) is 0 Å². The highest BCUT2D eigenvalue weighted by Crippen LogP contribution is 2.45. The summed E-state index contributed by atoms with van der Waals surface area (Å²) in [5, 5.41) is 12.0. The van der Waals surface area contributed by atoms with Crippen LogP contribution >= 0.6 is 15.9 Å². The van der Waals surface area contributed by atoms with Crippen molar-refractivity contribution in [1.82, 2.24) is 5.32 Å². The number of hydrogen-bond donors (Lipinski definition) is 2. The maximum absolute atomic E-state index is 14.1. The predicted molar refractivity (Wildman–Crippen MR) is 167 cm³/mol. The van der Waals surface area contributed by atoms with Crippen LogP contribution < -0.4 is 10.1 Å². The van der Waals surface area contributed by atoms with Crippen molar-refractivity contribution >= 4 is 37.6 Å². The fraction of sp³-hybridized carbons (Fsp3) is 0.375. The summed E-state index contributed by atoms with van der Waals surface area (Å²) in [5.74, 6) is 0.208. The zero-order valence-electron chi connectivity index (χ0n) is 23.7. The number of hydrogen-bond acceptors (Lipinski definition) is 7. The Morgan fingerprint density at radius 2 is 1.74 bits per heavy atom. The van der Waals surface area contributed by atoms with Crippen LogP contribution in [-0.4, -0.2) is 56.4 Å². The van der Waals surface area contributed by atoms with Gasteiger partial charge in [-0.2, -0.15) is 0 Å². The molecule has 8 nitrogen and oxygen atoms in total. The Morgan fingerprint density at radius 1 is 1.02 bits per heavy atom. The molecule has 224 valence electrons. The maximum Gasteiger partial charge on any atom is 0.252 e. The third kappa shape index (κ3) is 7.59. The van der Waals surface area contributed by atoms with E-state index < -0.39 is 21.5 Å². The molecule has 0 fully saturated rings. The van der Waals surface area contributed by atoms with E-state index >= 15 is 0 Å². The Kier molecular flexibility index (Phi) is 11.2. The third-order valence-corrected chi connectivity index (χ3v) is 9.59. The second-order valence-corrected chi connectivity index (χ2v) is 13.1. The first-order valence-electron chi connectivity index (χ1n) is 14.2. The Bertz CT molecular complexity index is 1460. The summed E-state index contributed by atoms with van der Waals surface area (Å²) in [6, 6.07) is 22.8. The van der Waals surface area contributed by atoms with Crippen LogP contribution in [0.2, 0.25) is 0 Å². The van der Waals surface area contributed by atoms with Gasteiger partial charge in [0.15, 0.2) is 21.5 Å². The molecule has 10 heteroatoms. The van der Waals surface area contributed by atoms with Crippen molar-refractivity contribution < 1.29 is 27.8 Å². The number of aliphatic hydroxyl groups is 1. The molecule has 0 unspecified atom stereocenters. The molecule has 0 saturated heterocycles. The molecule has 0 radical (unpaired) electrons. The van der Waals surface area contributed by atoms with Gasteiger partial charge in [0, 0.05) is 41.6 Å². The zero-order valence-corrected chi connectivity index (χ0v) is 26.1. The lowest BCUT2D eigenvalue weighted by atomic mass is 9.85. The van der Waals surface area contributed by atoms with Gasteiger partial charge in [0.05, 0.1) is 17.3 Å². The van der Waals surface area contributed by atoms with Gasteiger partial charge in [0.1, 0.15) is 5.75 Å². The molecular formula is C32H37BrN2O6S. The van der Waals surface area contributed by atoms with E-state index in [-0.39, 0.29) is 35.5 Å². The number of unbranched alkanes of at least 4 members (excludes halogenated alkanes) is 2. The molecule has 3 aromatic rings. The summed E-state index contributed by atoms with van der Waals surface area (Å²) in [5.41, 5.74) is -0.210. The summed E-state index contributed by atoms with van der Waals surface area (Å²) in [6.07, 6.45) is 2.33. The van der Waals surface area contributed by atoms with Gasteiger partial charge in [-0.15, -0.1) is 0 Å². The lowest BCUT2D eigenvalue weighted by molar-refractivity contribution is -0.129. The number of rotatable bonds is 15. The van der Waals surface area contributed by atoms with Crippen LogP contribution in [0.15, 0.2) is 93.2 Å². The highest BCUT2D eigenvalue weighted by atomic mass is 79.9. The van der Waals surface area contributed by atoms with Gasteiger partial charge in [0.2, 0.25) is 5.90 Å². The predicted octanol–water partition coefficient (Wildman–Crippen LogP) is 5.64. The number of amides is 1. The number of benzene rings is 3. The van der Waals surface area contributed by atoms with Crippen molar-refractivity contribution in [2.45, 2.75) is 55.6 Å². The first-order chi connectivity index (χ1) is 20.3. The fourth-order valence-electron chi connectivity index (χ4n) is 4.80. The Hall–Kier alpha value is -3.21. The average Bonchev–Trinajstić information content (AvgIpc) is 3.40. The summed E-state index contributed by atoms with van der Waals surface area (Å²) in [7, 11) is -3.71. The molecule has 2 N–H and O–H groups in total. The number of carbonyl (C=O) groups is 1. The number of nitrogens with one attached hydrogen (secondary N) is 1. The number of sulfone groups is 1. The molecule has 3 aromatic carbocycles. The molecule has 1 aliphatic rings. The molecule has 0 aliphatic carbocycles. The van der Waals surface area contributed by atoms with Gasteiger partial charge >= 0.3 is 0 Å². The lowest BCUT2D eigenvalue weighted by Gasteiger charge is -2.31. The highest BCUT2D eigenvalue weighted by Gasteiger charge is 2.54. The molecule has 0 aromatic heterocycles. The number of aliphatic hydroxyl groups excluding tert-OH is 1. The van der Waals surface area contributed by atoms with E-state index in [9.17, 15) is 13.2 Å². The van der Waals surface area contributed by atoms with E-state index in [2.05, 4.69) is 28.2 Å². The largest absolute Gasteiger partial charge is 0.494 e. The minimum Gasteiger partial charge on any atom is -0.494 e. The highest BCUT2D eigenvalue weighted by molar-refractivity contribution is 9.10. The fourth-order valence-corrected chi connectivity index (χ4v) is 6.68. The third-order valence-electron chi connectivity index (χ3n) is 7.14. The molecule has 42 heavy (non-hydrogen) atoms. The molecule has 0 spiro atoms. The zero-order chi connectivity index (χ0) is 30.0. The first kappa shape index (κ1) is 31.7. The van der Waals surface area contributed by atoms with Gasteiger partial charge in [-0.3, -0.25) is 4.79 Å². The van der Waals surface area contributed by atoms with E-state index in [0.29, 0.717) is 36.4 Å². The number of ether oxygens (including phenoxy) is 2. The second-order valence-electron chi connectivity index (χ2n) is 10.2. The van der Waals surface area contributed by atoms with Crippen molar-refractivity contribution in [3.05, 3.63) is 94.5 Å². The van der Waals surface area contributed by atoms with Gasteiger partial charge in [0.25, 0.3) is 5.91 Å². The minimum absolute atomic E-state index is 0.0434. The minimum atomic E-state index is -3.71. The van der Waals surface area contributed by atoms with E-state index in [4.69, 9.17) is 19.6 Å². The monoisotopic (exact) mass is 656 g/mol. The topological polar surface area (TPSA) is 114 Å². The van der Waals surface area contributed by atoms with E-state index in [1.54, 1.807) is 54.6 Å². The number of aliphatic imine (C=N–C) groups is 1. The normalized spacial score (nSPS) is 18.3.